The van der Waals surface area contributed by atoms with Crippen LogP contribution in [-0.2, 0) is 25.4 Å². The zero-order valence-corrected chi connectivity index (χ0v) is 24.7. The van der Waals surface area contributed by atoms with Gasteiger partial charge in [-0.15, -0.1) is 0 Å². The molecule has 3 rings (SSSR count). The topological polar surface area (TPSA) is 113 Å². The summed E-state index contributed by atoms with van der Waals surface area (Å²) in [6.45, 7) is 7.25. The Bertz CT molecular complexity index is 1080. The fraction of sp³-hybridized carbons (Fsp3) is 0.533. The van der Waals surface area contributed by atoms with Crippen LogP contribution >= 0.6 is 0 Å². The molecule has 0 bridgehead atoms. The zero-order valence-electron chi connectivity index (χ0n) is 24.7. The van der Waals surface area contributed by atoms with Crippen molar-refractivity contribution in [3.05, 3.63) is 70.8 Å². The van der Waals surface area contributed by atoms with Crippen molar-refractivity contribution in [2.45, 2.75) is 51.1 Å². The number of nitrogens with one attached hydrogen (secondary N) is 2. The van der Waals surface area contributed by atoms with Crippen LogP contribution < -0.4 is 11.5 Å². The summed E-state index contributed by atoms with van der Waals surface area (Å²) < 4.78 is 76.8. The fourth-order valence-corrected chi connectivity index (χ4v) is 5.12. The van der Waals surface area contributed by atoms with Crippen molar-refractivity contribution in [1.29, 1.82) is 10.8 Å². The van der Waals surface area contributed by atoms with Crippen molar-refractivity contribution < 1.29 is 26.3 Å². The van der Waals surface area contributed by atoms with Crippen LogP contribution in [0.2, 0.25) is 0 Å². The zero-order chi connectivity index (χ0) is 32.3. The molecular formula is C30H42F6N8. The van der Waals surface area contributed by atoms with E-state index in [1.807, 2.05) is 0 Å². The van der Waals surface area contributed by atoms with E-state index in [-0.39, 0.29) is 25.0 Å². The average Bonchev–Trinajstić information content (AvgIpc) is 2.96. The van der Waals surface area contributed by atoms with Crippen molar-refractivity contribution in [2.75, 3.05) is 52.4 Å². The quantitative estimate of drug-likeness (QED) is 0.102. The minimum absolute atomic E-state index is 0.107. The molecule has 44 heavy (non-hydrogen) atoms. The van der Waals surface area contributed by atoms with Crippen LogP contribution in [0.1, 0.15) is 47.9 Å². The first-order chi connectivity index (χ1) is 20.7. The lowest BCUT2D eigenvalue weighted by Crippen LogP contribution is -2.47. The number of alkyl halides is 6. The minimum atomic E-state index is -4.38. The Balaban J connectivity index is 1.29. The maximum absolute atomic E-state index is 12.8. The Labute approximate surface area is 254 Å². The van der Waals surface area contributed by atoms with Gasteiger partial charge in [0.05, 0.1) is 11.1 Å². The minimum Gasteiger partial charge on any atom is -0.370 e. The number of halogens is 6. The number of rotatable bonds is 14. The molecule has 0 unspecified atom stereocenters. The van der Waals surface area contributed by atoms with Crippen LogP contribution in [0.5, 0.6) is 0 Å². The van der Waals surface area contributed by atoms with E-state index in [2.05, 4.69) is 9.80 Å². The summed E-state index contributed by atoms with van der Waals surface area (Å²) in [4.78, 5) is 8.12. The van der Waals surface area contributed by atoms with E-state index < -0.39 is 23.5 Å². The second-order valence-corrected chi connectivity index (χ2v) is 11.1. The Hall–Kier alpha value is -3.52. The molecule has 0 amide bonds. The van der Waals surface area contributed by atoms with Gasteiger partial charge in [-0.05, 0) is 74.2 Å². The molecule has 0 aliphatic carbocycles. The van der Waals surface area contributed by atoms with Gasteiger partial charge in [0.1, 0.15) is 0 Å². The van der Waals surface area contributed by atoms with Gasteiger partial charge in [0.2, 0.25) is 0 Å². The van der Waals surface area contributed by atoms with Crippen LogP contribution in [0.25, 0.3) is 0 Å². The predicted octanol–water partition coefficient (Wildman–Crippen LogP) is 4.99. The number of guanidine groups is 2. The normalized spacial score (nSPS) is 14.9. The number of unbranched alkanes of at least 4 members (excludes halogenated alkanes) is 2. The van der Waals surface area contributed by atoms with E-state index in [1.54, 1.807) is 9.80 Å². The summed E-state index contributed by atoms with van der Waals surface area (Å²) in [6.07, 6.45) is -5.33. The third-order valence-electron chi connectivity index (χ3n) is 7.76. The van der Waals surface area contributed by atoms with Crippen LogP contribution in [0.15, 0.2) is 48.5 Å². The monoisotopic (exact) mass is 628 g/mol. The second kappa shape index (κ2) is 16.0. The van der Waals surface area contributed by atoms with E-state index >= 15 is 0 Å². The third kappa shape index (κ3) is 11.5. The highest BCUT2D eigenvalue weighted by Crippen LogP contribution is 2.30. The van der Waals surface area contributed by atoms with Crippen LogP contribution in [0, 0.1) is 10.8 Å². The molecule has 14 heteroatoms. The molecule has 244 valence electrons. The van der Waals surface area contributed by atoms with Crippen LogP contribution in [-0.4, -0.2) is 83.9 Å². The molecule has 0 radical (unpaired) electrons. The summed E-state index contributed by atoms with van der Waals surface area (Å²) in [5.41, 5.74) is 11.4. The maximum atomic E-state index is 12.8. The van der Waals surface area contributed by atoms with E-state index in [4.69, 9.17) is 22.3 Å². The first-order valence-corrected chi connectivity index (χ1v) is 14.7. The summed E-state index contributed by atoms with van der Waals surface area (Å²) in [6, 6.07) is 9.84. The Morgan fingerprint density at radius 2 is 0.909 bits per heavy atom. The molecule has 0 atom stereocenters. The largest absolute Gasteiger partial charge is 0.416 e. The van der Waals surface area contributed by atoms with Gasteiger partial charge in [-0.25, -0.2) is 0 Å². The van der Waals surface area contributed by atoms with Crippen LogP contribution in [0.3, 0.4) is 0 Å². The standard InChI is InChI=1S/C30H42F6N8/c31-29(32,33)25-9-5-23(6-10-25)21-43(27(37)38)15-3-1-13-41-17-19-42(20-18-41)14-2-4-16-44(28(39)40)22-24-7-11-26(12-8-24)30(34,35)36/h5-12H,1-4,13-22H2,(H3,37,38)(H3,39,40). The number of nitrogens with two attached hydrogens (primary N) is 2. The van der Waals surface area contributed by atoms with Crippen molar-refractivity contribution in [3.63, 3.8) is 0 Å². The second-order valence-electron chi connectivity index (χ2n) is 11.1. The van der Waals surface area contributed by atoms with Gasteiger partial charge in [-0.3, -0.25) is 10.8 Å². The van der Waals surface area contributed by atoms with Crippen molar-refractivity contribution in [2.24, 2.45) is 11.5 Å². The van der Waals surface area contributed by atoms with Gasteiger partial charge in [0, 0.05) is 52.4 Å². The van der Waals surface area contributed by atoms with Gasteiger partial charge < -0.3 is 31.1 Å². The molecule has 0 saturated carbocycles. The van der Waals surface area contributed by atoms with Gasteiger partial charge in [0.25, 0.3) is 0 Å². The van der Waals surface area contributed by atoms with Gasteiger partial charge in [-0.1, -0.05) is 24.3 Å². The number of hydrogen-bond donors (Lipinski definition) is 4. The summed E-state index contributed by atoms with van der Waals surface area (Å²) in [5.74, 6) is -0.214. The molecule has 1 aliphatic heterocycles. The van der Waals surface area contributed by atoms with E-state index in [0.29, 0.717) is 24.2 Å². The lowest BCUT2D eigenvalue weighted by atomic mass is 10.1. The lowest BCUT2D eigenvalue weighted by molar-refractivity contribution is -0.138. The van der Waals surface area contributed by atoms with E-state index in [0.717, 1.165) is 89.2 Å². The summed E-state index contributed by atoms with van der Waals surface area (Å²) in [7, 11) is 0. The average molecular weight is 629 g/mol. The molecule has 1 aliphatic rings. The molecule has 1 fully saturated rings. The smallest absolute Gasteiger partial charge is 0.370 e. The van der Waals surface area contributed by atoms with Gasteiger partial charge in [0.15, 0.2) is 11.9 Å². The first kappa shape index (κ1) is 35.0. The molecule has 0 aromatic heterocycles. The highest BCUT2D eigenvalue weighted by molar-refractivity contribution is 5.75. The fourth-order valence-electron chi connectivity index (χ4n) is 5.12. The van der Waals surface area contributed by atoms with E-state index in [1.165, 1.54) is 24.3 Å². The van der Waals surface area contributed by atoms with Crippen molar-refractivity contribution >= 4 is 11.9 Å². The molecule has 8 nitrogen and oxygen atoms in total. The van der Waals surface area contributed by atoms with Gasteiger partial charge >= 0.3 is 12.4 Å². The number of benzene rings is 2. The molecule has 0 spiro atoms. The third-order valence-corrected chi connectivity index (χ3v) is 7.76. The predicted molar refractivity (Wildman–Crippen MR) is 159 cm³/mol. The highest BCUT2D eigenvalue weighted by Gasteiger charge is 2.31. The molecule has 1 saturated heterocycles. The molecule has 6 N–H and O–H groups in total. The molecule has 1 heterocycles. The number of piperazine rings is 1. The molecular weight excluding hydrogens is 586 g/mol. The van der Waals surface area contributed by atoms with Crippen LogP contribution in [0.4, 0.5) is 26.3 Å². The molecule has 2 aromatic rings. The molecule has 2 aromatic carbocycles. The number of hydrogen-bond acceptors (Lipinski definition) is 4. The van der Waals surface area contributed by atoms with E-state index in [9.17, 15) is 26.3 Å². The van der Waals surface area contributed by atoms with Gasteiger partial charge in [-0.2, -0.15) is 26.3 Å². The highest BCUT2D eigenvalue weighted by atomic mass is 19.4. The lowest BCUT2D eigenvalue weighted by Gasteiger charge is -2.35. The Morgan fingerprint density at radius 3 is 1.18 bits per heavy atom. The summed E-state index contributed by atoms with van der Waals surface area (Å²) in [5, 5.41) is 15.7. The Morgan fingerprint density at radius 1 is 0.591 bits per heavy atom. The SMILES string of the molecule is N=C(N)N(CCCCN1CCN(CCCCN(Cc2ccc(C(F)(F)F)cc2)C(=N)N)CC1)Cc1ccc(C(F)(F)F)cc1. The summed E-state index contributed by atoms with van der Waals surface area (Å²) >= 11 is 0. The number of nitrogens with zero attached hydrogens (tertiary/aromatic N) is 4. The van der Waals surface area contributed by atoms with Crippen molar-refractivity contribution in [3.8, 4) is 0 Å². The first-order valence-electron chi connectivity index (χ1n) is 14.7. The maximum Gasteiger partial charge on any atom is 0.416 e. The van der Waals surface area contributed by atoms with Crippen molar-refractivity contribution in [1.82, 2.24) is 19.6 Å². The Kier molecular flexibility index (Phi) is 12.7.